The lowest BCUT2D eigenvalue weighted by Crippen LogP contribution is -2.30. The summed E-state index contributed by atoms with van der Waals surface area (Å²) in [6, 6.07) is 7.40. The van der Waals surface area contributed by atoms with Crippen molar-refractivity contribution in [3.63, 3.8) is 0 Å². The maximum atomic E-state index is 5.49. The topological polar surface area (TPSA) is 80.9 Å². The van der Waals surface area contributed by atoms with Gasteiger partial charge >= 0.3 is 0 Å². The van der Waals surface area contributed by atoms with Crippen LogP contribution in [0.4, 0.5) is 5.69 Å². The number of aliphatic imine (C=N–C) groups is 1. The van der Waals surface area contributed by atoms with Crippen molar-refractivity contribution in [3.8, 4) is 11.5 Å². The number of guanidine groups is 1. The molecule has 2 N–H and O–H groups in total. The van der Waals surface area contributed by atoms with Gasteiger partial charge in [0.05, 0.1) is 20.3 Å². The lowest BCUT2D eigenvalue weighted by molar-refractivity contribution is 0.311. The van der Waals surface area contributed by atoms with Gasteiger partial charge in [-0.3, -0.25) is 4.99 Å². The predicted octanol–water partition coefficient (Wildman–Crippen LogP) is 2.89. The summed E-state index contributed by atoms with van der Waals surface area (Å²) >= 11 is 0. The molecule has 2 rings (SSSR count). The fourth-order valence-corrected chi connectivity index (χ4v) is 1.84. The lowest BCUT2D eigenvalue weighted by Gasteiger charge is -2.14. The van der Waals surface area contributed by atoms with E-state index in [-0.39, 0.29) is 24.0 Å². The average Bonchev–Trinajstić information content (AvgIpc) is 3.06. The highest BCUT2D eigenvalue weighted by molar-refractivity contribution is 14.0. The first-order valence-corrected chi connectivity index (χ1v) is 6.94. The van der Waals surface area contributed by atoms with E-state index >= 15 is 0 Å². The molecule has 0 saturated heterocycles. The van der Waals surface area contributed by atoms with E-state index in [0.717, 1.165) is 11.4 Å². The van der Waals surface area contributed by atoms with Crippen molar-refractivity contribution < 1.29 is 14.0 Å². The molecule has 0 bridgehead atoms. The second-order valence-corrected chi connectivity index (χ2v) is 4.34. The summed E-state index contributed by atoms with van der Waals surface area (Å²) in [7, 11) is 3.31. The predicted molar refractivity (Wildman–Crippen MR) is 99.9 cm³/mol. The van der Waals surface area contributed by atoms with Gasteiger partial charge in [-0.2, -0.15) is 0 Å². The number of hydrogen-bond donors (Lipinski definition) is 2. The number of benzene rings is 1. The van der Waals surface area contributed by atoms with Gasteiger partial charge in [0.1, 0.15) is 12.0 Å². The van der Waals surface area contributed by atoms with Crippen LogP contribution in [0.15, 0.2) is 40.0 Å². The SMILES string of the molecule is CCOc1ccc(NC(=NC)NCc2ccon2)cc1OC.I. The highest BCUT2D eigenvalue weighted by Crippen LogP contribution is 2.30. The Morgan fingerprint density at radius 1 is 1.30 bits per heavy atom. The summed E-state index contributed by atoms with van der Waals surface area (Å²) in [5.74, 6) is 1.99. The van der Waals surface area contributed by atoms with Crippen molar-refractivity contribution >= 4 is 35.6 Å². The zero-order valence-corrected chi connectivity index (χ0v) is 15.7. The van der Waals surface area contributed by atoms with Gasteiger partial charge in [0.2, 0.25) is 0 Å². The molecular formula is C15H21IN4O3. The van der Waals surface area contributed by atoms with E-state index in [1.807, 2.05) is 25.1 Å². The van der Waals surface area contributed by atoms with Crippen LogP contribution in [0.1, 0.15) is 12.6 Å². The monoisotopic (exact) mass is 432 g/mol. The number of halogens is 1. The molecule has 1 aromatic carbocycles. The van der Waals surface area contributed by atoms with E-state index in [1.165, 1.54) is 6.26 Å². The van der Waals surface area contributed by atoms with Crippen molar-refractivity contribution in [2.24, 2.45) is 4.99 Å². The Balaban J connectivity index is 0.00000264. The van der Waals surface area contributed by atoms with Crippen molar-refractivity contribution in [2.75, 3.05) is 26.1 Å². The molecule has 8 heteroatoms. The summed E-state index contributed by atoms with van der Waals surface area (Å²) in [5.41, 5.74) is 1.64. The molecule has 0 radical (unpaired) electrons. The van der Waals surface area contributed by atoms with Crippen molar-refractivity contribution in [1.29, 1.82) is 0 Å². The number of ether oxygens (including phenoxy) is 2. The molecule has 0 aliphatic carbocycles. The van der Waals surface area contributed by atoms with E-state index in [2.05, 4.69) is 20.8 Å². The maximum Gasteiger partial charge on any atom is 0.195 e. The molecule has 23 heavy (non-hydrogen) atoms. The lowest BCUT2D eigenvalue weighted by atomic mass is 10.2. The molecule has 0 amide bonds. The summed E-state index contributed by atoms with van der Waals surface area (Å²) in [4.78, 5) is 4.16. The molecule has 0 aliphatic heterocycles. The summed E-state index contributed by atoms with van der Waals surface area (Å²) < 4.78 is 15.6. The minimum Gasteiger partial charge on any atom is -0.493 e. The van der Waals surface area contributed by atoms with E-state index in [9.17, 15) is 0 Å². The van der Waals surface area contributed by atoms with Gasteiger partial charge in [0.15, 0.2) is 17.5 Å². The first-order valence-electron chi connectivity index (χ1n) is 6.94. The van der Waals surface area contributed by atoms with Gasteiger partial charge in [0, 0.05) is 24.9 Å². The third kappa shape index (κ3) is 5.62. The van der Waals surface area contributed by atoms with Gasteiger partial charge in [-0.05, 0) is 19.1 Å². The van der Waals surface area contributed by atoms with Crippen LogP contribution in [0.2, 0.25) is 0 Å². The molecule has 0 fully saturated rings. The molecule has 0 atom stereocenters. The summed E-state index contributed by atoms with van der Waals surface area (Å²) in [6.07, 6.45) is 1.53. The molecule has 126 valence electrons. The van der Waals surface area contributed by atoms with Crippen LogP contribution in [-0.2, 0) is 6.54 Å². The largest absolute Gasteiger partial charge is 0.493 e. The number of nitrogens with zero attached hydrogens (tertiary/aromatic N) is 2. The first kappa shape index (κ1) is 19.1. The van der Waals surface area contributed by atoms with E-state index in [1.54, 1.807) is 20.2 Å². The van der Waals surface area contributed by atoms with Crippen LogP contribution in [0, 0.1) is 0 Å². The fraction of sp³-hybridized carbons (Fsp3) is 0.333. The molecule has 0 spiro atoms. The van der Waals surface area contributed by atoms with Gasteiger partial charge < -0.3 is 24.6 Å². The van der Waals surface area contributed by atoms with Crippen molar-refractivity contribution in [3.05, 3.63) is 36.2 Å². The highest BCUT2D eigenvalue weighted by Gasteiger charge is 2.07. The smallest absolute Gasteiger partial charge is 0.195 e. The Hall–Kier alpha value is -1.97. The number of nitrogens with one attached hydrogen (secondary N) is 2. The zero-order valence-electron chi connectivity index (χ0n) is 13.3. The standard InChI is InChI=1S/C15H20N4O3.HI/c1-4-21-13-6-5-11(9-14(13)20-3)18-15(16-2)17-10-12-7-8-22-19-12;/h5-9H,4,10H2,1-3H3,(H2,16,17,18);1H. The molecule has 2 aromatic rings. The second-order valence-electron chi connectivity index (χ2n) is 4.34. The first-order chi connectivity index (χ1) is 10.8. The third-order valence-electron chi connectivity index (χ3n) is 2.88. The minimum atomic E-state index is 0. The Morgan fingerprint density at radius 2 is 2.13 bits per heavy atom. The molecule has 7 nitrogen and oxygen atoms in total. The molecule has 1 aromatic heterocycles. The van der Waals surface area contributed by atoms with Gasteiger partial charge in [-0.1, -0.05) is 5.16 Å². The van der Waals surface area contributed by atoms with Gasteiger partial charge in [0.25, 0.3) is 0 Å². The van der Waals surface area contributed by atoms with E-state index in [4.69, 9.17) is 14.0 Å². The Morgan fingerprint density at radius 3 is 2.74 bits per heavy atom. The number of hydrogen-bond acceptors (Lipinski definition) is 5. The average molecular weight is 432 g/mol. The van der Waals surface area contributed by atoms with Crippen LogP contribution in [0.5, 0.6) is 11.5 Å². The van der Waals surface area contributed by atoms with Gasteiger partial charge in [-0.15, -0.1) is 24.0 Å². The highest BCUT2D eigenvalue weighted by atomic mass is 127. The van der Waals surface area contributed by atoms with E-state index in [0.29, 0.717) is 30.6 Å². The third-order valence-corrected chi connectivity index (χ3v) is 2.88. The Labute approximate surface area is 152 Å². The Kier molecular flexibility index (Phi) is 8.23. The maximum absolute atomic E-state index is 5.49. The number of rotatable bonds is 6. The quantitative estimate of drug-likeness (QED) is 0.415. The molecule has 0 aliphatic rings. The van der Waals surface area contributed by atoms with Crippen molar-refractivity contribution in [1.82, 2.24) is 10.5 Å². The molecule has 0 unspecified atom stereocenters. The number of aromatic nitrogens is 1. The van der Waals surface area contributed by atoms with Crippen LogP contribution < -0.4 is 20.1 Å². The van der Waals surface area contributed by atoms with Crippen LogP contribution in [-0.4, -0.2) is 31.9 Å². The fourth-order valence-electron chi connectivity index (χ4n) is 1.84. The number of methoxy groups -OCH3 is 1. The summed E-state index contributed by atoms with van der Waals surface area (Å²) in [5, 5.41) is 10.2. The minimum absolute atomic E-state index is 0. The number of anilines is 1. The van der Waals surface area contributed by atoms with E-state index < -0.39 is 0 Å². The molecule has 0 saturated carbocycles. The second kappa shape index (κ2) is 9.93. The van der Waals surface area contributed by atoms with Crippen LogP contribution in [0.3, 0.4) is 0 Å². The zero-order chi connectivity index (χ0) is 15.8. The van der Waals surface area contributed by atoms with Crippen LogP contribution in [0.25, 0.3) is 0 Å². The Bertz CT molecular complexity index is 617. The van der Waals surface area contributed by atoms with Crippen molar-refractivity contribution in [2.45, 2.75) is 13.5 Å². The summed E-state index contributed by atoms with van der Waals surface area (Å²) in [6.45, 7) is 3.04. The molecule has 1 heterocycles. The van der Waals surface area contributed by atoms with Gasteiger partial charge in [-0.25, -0.2) is 0 Å². The van der Waals surface area contributed by atoms with Crippen LogP contribution >= 0.6 is 24.0 Å². The normalized spacial score (nSPS) is 10.7. The molecular weight excluding hydrogens is 411 g/mol.